The lowest BCUT2D eigenvalue weighted by Crippen LogP contribution is -2.15. The van der Waals surface area contributed by atoms with Gasteiger partial charge in [-0.1, -0.05) is 30.3 Å². The number of aromatic nitrogens is 4. The molecule has 0 aliphatic heterocycles. The third-order valence-electron chi connectivity index (χ3n) is 5.76. The predicted octanol–water partition coefficient (Wildman–Crippen LogP) is 4.29. The van der Waals surface area contributed by atoms with E-state index in [1.54, 1.807) is 16.9 Å². The van der Waals surface area contributed by atoms with E-state index >= 15 is 4.39 Å². The zero-order valence-electron chi connectivity index (χ0n) is 16.3. The average molecular weight is 432 g/mol. The van der Waals surface area contributed by atoms with Crippen LogP contribution in [-0.4, -0.2) is 18.7 Å². The van der Waals surface area contributed by atoms with Crippen LogP contribution in [-0.2, 0) is 6.54 Å². The third-order valence-corrected chi connectivity index (χ3v) is 6.64. The summed E-state index contributed by atoms with van der Waals surface area (Å²) in [4.78, 5) is 25.8. The highest BCUT2D eigenvalue weighted by Crippen LogP contribution is 2.40. The fourth-order valence-electron chi connectivity index (χ4n) is 4.13. The van der Waals surface area contributed by atoms with Gasteiger partial charge in [0.2, 0.25) is 5.43 Å². The Bertz CT molecular complexity index is 1570. The Morgan fingerprint density at radius 1 is 1.16 bits per heavy atom. The largest absolute Gasteiger partial charge is 0.328 e. The summed E-state index contributed by atoms with van der Waals surface area (Å²) in [5.41, 5.74) is 1.96. The van der Waals surface area contributed by atoms with Gasteiger partial charge in [-0.05, 0) is 42.1 Å². The van der Waals surface area contributed by atoms with E-state index < -0.39 is 16.8 Å². The highest BCUT2D eigenvalue weighted by Gasteiger charge is 2.29. The number of hydrogen-bond acceptors (Lipinski definition) is 4. The molecule has 1 aliphatic rings. The number of nitrogens with zero attached hydrogens (tertiary/aromatic N) is 3. The number of aromatic amines is 1. The average Bonchev–Trinajstić information content (AvgIpc) is 3.38. The van der Waals surface area contributed by atoms with Gasteiger partial charge in [0, 0.05) is 28.8 Å². The van der Waals surface area contributed by atoms with E-state index in [0.29, 0.717) is 28.0 Å². The Morgan fingerprint density at radius 3 is 2.74 bits per heavy atom. The van der Waals surface area contributed by atoms with Crippen molar-refractivity contribution in [2.75, 3.05) is 0 Å². The molecule has 6 nitrogen and oxygen atoms in total. The molecule has 3 aromatic heterocycles. The maximum atomic E-state index is 15.1. The molecular weight excluding hydrogens is 415 g/mol. The topological polar surface area (TPSA) is 72.7 Å². The van der Waals surface area contributed by atoms with Crippen LogP contribution in [0.3, 0.4) is 0 Å². The summed E-state index contributed by atoms with van der Waals surface area (Å²) in [5, 5.41) is 4.74. The Hall–Kier alpha value is -3.52. The van der Waals surface area contributed by atoms with E-state index in [2.05, 4.69) is 9.47 Å². The molecular formula is C23H17FN4O2S. The van der Waals surface area contributed by atoms with Crippen molar-refractivity contribution in [2.45, 2.75) is 25.4 Å². The van der Waals surface area contributed by atoms with E-state index in [1.807, 2.05) is 41.1 Å². The van der Waals surface area contributed by atoms with Crippen molar-refractivity contribution in [1.82, 2.24) is 18.7 Å². The van der Waals surface area contributed by atoms with Crippen molar-refractivity contribution in [3.05, 3.63) is 86.8 Å². The quantitative estimate of drug-likeness (QED) is 0.460. The van der Waals surface area contributed by atoms with E-state index in [9.17, 15) is 9.59 Å². The molecule has 1 fully saturated rings. The maximum absolute atomic E-state index is 15.1. The van der Waals surface area contributed by atoms with Crippen LogP contribution in [0, 0.1) is 5.82 Å². The minimum absolute atomic E-state index is 0.118. The van der Waals surface area contributed by atoms with Gasteiger partial charge in [0.1, 0.15) is 16.0 Å². The Morgan fingerprint density at radius 2 is 1.97 bits per heavy atom. The lowest BCUT2D eigenvalue weighted by Gasteiger charge is -2.13. The Kier molecular flexibility index (Phi) is 3.97. The fourth-order valence-corrected chi connectivity index (χ4v) is 5.05. The van der Waals surface area contributed by atoms with Gasteiger partial charge in [-0.25, -0.2) is 4.39 Å². The van der Waals surface area contributed by atoms with Gasteiger partial charge < -0.3 is 4.57 Å². The minimum Gasteiger partial charge on any atom is -0.328 e. The molecule has 0 atom stereocenters. The van der Waals surface area contributed by atoms with Crippen molar-refractivity contribution >= 4 is 32.7 Å². The molecule has 6 rings (SSSR count). The first-order chi connectivity index (χ1) is 15.1. The van der Waals surface area contributed by atoms with Crippen molar-refractivity contribution in [3.63, 3.8) is 0 Å². The summed E-state index contributed by atoms with van der Waals surface area (Å²) in [6.07, 6.45) is 5.39. The normalized spacial score (nSPS) is 14.0. The van der Waals surface area contributed by atoms with Crippen LogP contribution in [0.5, 0.6) is 0 Å². The number of pyridine rings is 1. The molecule has 0 amide bonds. The van der Waals surface area contributed by atoms with E-state index in [4.69, 9.17) is 0 Å². The maximum Gasteiger partial charge on any atom is 0.271 e. The summed E-state index contributed by atoms with van der Waals surface area (Å²) >= 11 is 1.16. The molecule has 0 spiro atoms. The van der Waals surface area contributed by atoms with Gasteiger partial charge >= 0.3 is 0 Å². The Labute approximate surface area is 179 Å². The molecule has 1 aliphatic carbocycles. The van der Waals surface area contributed by atoms with Crippen LogP contribution in [0.25, 0.3) is 32.2 Å². The lowest BCUT2D eigenvalue weighted by atomic mass is 10.0. The molecule has 3 heterocycles. The molecule has 0 radical (unpaired) electrons. The van der Waals surface area contributed by atoms with Crippen molar-refractivity contribution in [3.8, 4) is 11.1 Å². The number of H-pyrrole nitrogens is 1. The summed E-state index contributed by atoms with van der Waals surface area (Å²) in [6.45, 7) is 0.584. The second-order valence-electron chi connectivity index (χ2n) is 7.91. The lowest BCUT2D eigenvalue weighted by molar-refractivity contribution is 0.632. The van der Waals surface area contributed by atoms with Gasteiger partial charge in [-0.2, -0.15) is 5.10 Å². The van der Waals surface area contributed by atoms with Gasteiger partial charge in [0.25, 0.3) is 5.56 Å². The SMILES string of the molecule is O=c1[nH]sc2c1c(=O)c1cc(F)c(-c3cnn(Cc4ccccc4)c3)cc1n2C1CC1. The smallest absolute Gasteiger partial charge is 0.271 e. The summed E-state index contributed by atoms with van der Waals surface area (Å²) in [5.74, 6) is -0.503. The van der Waals surface area contributed by atoms with Gasteiger partial charge in [0.15, 0.2) is 0 Å². The van der Waals surface area contributed by atoms with Gasteiger partial charge in [0.05, 0.1) is 18.3 Å². The van der Waals surface area contributed by atoms with Crippen molar-refractivity contribution in [1.29, 1.82) is 0 Å². The second-order valence-corrected chi connectivity index (χ2v) is 8.70. The highest BCUT2D eigenvalue weighted by atomic mass is 32.1. The van der Waals surface area contributed by atoms with Crippen molar-refractivity contribution in [2.24, 2.45) is 0 Å². The van der Waals surface area contributed by atoms with Gasteiger partial charge in [-0.3, -0.25) is 18.6 Å². The van der Waals surface area contributed by atoms with Crippen LogP contribution in [0.4, 0.5) is 4.39 Å². The molecule has 5 aromatic rings. The zero-order valence-corrected chi connectivity index (χ0v) is 17.2. The molecule has 0 saturated heterocycles. The number of rotatable bonds is 4. The summed E-state index contributed by atoms with van der Waals surface area (Å²) in [6, 6.07) is 13.1. The number of benzene rings is 2. The van der Waals surface area contributed by atoms with Crippen molar-refractivity contribution < 1.29 is 4.39 Å². The van der Waals surface area contributed by atoms with E-state index in [0.717, 1.165) is 29.9 Å². The first-order valence-corrected chi connectivity index (χ1v) is 10.9. The molecule has 0 unspecified atom stereocenters. The minimum atomic E-state index is -0.503. The number of fused-ring (bicyclic) bond motifs is 2. The van der Waals surface area contributed by atoms with E-state index in [1.165, 1.54) is 6.07 Å². The van der Waals surface area contributed by atoms with Crippen LogP contribution in [0.2, 0.25) is 0 Å². The molecule has 154 valence electrons. The standard InChI is InChI=1S/C23H17FN4O2S/c24-18-8-17-19(28(15-6-7-15)23-20(21(17)29)22(30)26-31-23)9-16(18)14-10-25-27(12-14)11-13-4-2-1-3-5-13/h1-5,8-10,12,15H,6-7,11H2,(H,26,30). The summed E-state index contributed by atoms with van der Waals surface area (Å²) < 4.78 is 21.6. The van der Waals surface area contributed by atoms with Crippen LogP contribution >= 0.6 is 11.5 Å². The molecule has 1 saturated carbocycles. The van der Waals surface area contributed by atoms with Gasteiger partial charge in [-0.15, -0.1) is 0 Å². The third kappa shape index (κ3) is 2.94. The van der Waals surface area contributed by atoms with Crippen LogP contribution in [0.1, 0.15) is 24.4 Å². The van der Waals surface area contributed by atoms with Crippen LogP contribution in [0.15, 0.2) is 64.4 Å². The second kappa shape index (κ2) is 6.75. The number of nitrogens with one attached hydrogen (secondary N) is 1. The number of halogens is 1. The Balaban J connectivity index is 1.53. The zero-order chi connectivity index (χ0) is 21.1. The molecule has 1 N–H and O–H groups in total. The fraction of sp³-hybridized carbons (Fsp3) is 0.174. The summed E-state index contributed by atoms with van der Waals surface area (Å²) in [7, 11) is 0. The molecule has 8 heteroatoms. The monoisotopic (exact) mass is 432 g/mol. The molecule has 2 aromatic carbocycles. The predicted molar refractivity (Wildman–Crippen MR) is 119 cm³/mol. The molecule has 31 heavy (non-hydrogen) atoms. The first-order valence-electron chi connectivity index (χ1n) is 10.1. The number of hydrogen-bond donors (Lipinski definition) is 1. The highest BCUT2D eigenvalue weighted by molar-refractivity contribution is 7.12. The molecule has 0 bridgehead atoms. The van der Waals surface area contributed by atoms with Crippen LogP contribution < -0.4 is 11.0 Å². The van der Waals surface area contributed by atoms with E-state index in [-0.39, 0.29) is 16.8 Å². The first kappa shape index (κ1) is 18.3.